The first-order chi connectivity index (χ1) is 13.0. The summed E-state index contributed by atoms with van der Waals surface area (Å²) >= 11 is 3.54. The molecule has 0 aliphatic rings. The molecule has 5 nitrogen and oxygen atoms in total. The molecule has 0 aromatic heterocycles. The van der Waals surface area contributed by atoms with Crippen LogP contribution in [0.5, 0.6) is 0 Å². The van der Waals surface area contributed by atoms with E-state index in [0.717, 1.165) is 15.7 Å². The molecule has 0 N–H and O–H groups in total. The summed E-state index contributed by atoms with van der Waals surface area (Å²) in [4.78, 5) is 27.9. The number of amides is 2. The Labute approximate surface area is 169 Å². The summed E-state index contributed by atoms with van der Waals surface area (Å²) in [6.45, 7) is 3.08. The number of para-hydroxylation sites is 1. The molecule has 2 aromatic rings. The topological polar surface area (TPSA) is 49.9 Å². The van der Waals surface area contributed by atoms with Gasteiger partial charge in [0.15, 0.2) is 0 Å². The Hall–Kier alpha value is -2.34. The average molecular weight is 433 g/mol. The van der Waals surface area contributed by atoms with Crippen molar-refractivity contribution in [3.8, 4) is 0 Å². The van der Waals surface area contributed by atoms with Gasteiger partial charge in [-0.1, -0.05) is 42.5 Å². The van der Waals surface area contributed by atoms with E-state index in [0.29, 0.717) is 32.5 Å². The van der Waals surface area contributed by atoms with Crippen LogP contribution in [0.15, 0.2) is 59.1 Å². The second-order valence-electron chi connectivity index (χ2n) is 6.14. The van der Waals surface area contributed by atoms with Crippen molar-refractivity contribution in [2.75, 3.05) is 25.1 Å². The van der Waals surface area contributed by atoms with Gasteiger partial charge in [0, 0.05) is 24.5 Å². The number of carbonyl (C=O) groups is 2. The highest BCUT2D eigenvalue weighted by atomic mass is 79.9. The van der Waals surface area contributed by atoms with Crippen LogP contribution in [0.2, 0.25) is 0 Å². The van der Waals surface area contributed by atoms with Crippen molar-refractivity contribution >= 4 is 33.6 Å². The predicted molar refractivity (Wildman–Crippen MR) is 111 cm³/mol. The van der Waals surface area contributed by atoms with Crippen LogP contribution in [0.25, 0.3) is 0 Å². The van der Waals surface area contributed by atoms with E-state index in [4.69, 9.17) is 4.74 Å². The van der Waals surface area contributed by atoms with E-state index >= 15 is 0 Å². The van der Waals surface area contributed by atoms with Crippen molar-refractivity contribution in [1.82, 2.24) is 4.90 Å². The number of anilines is 1. The van der Waals surface area contributed by atoms with Gasteiger partial charge in [-0.15, -0.1) is 0 Å². The van der Waals surface area contributed by atoms with Gasteiger partial charge in [0.05, 0.1) is 18.8 Å². The zero-order valence-corrected chi connectivity index (χ0v) is 17.3. The maximum atomic E-state index is 12.9. The van der Waals surface area contributed by atoms with E-state index in [2.05, 4.69) is 15.9 Å². The minimum absolute atomic E-state index is 0.0167. The fraction of sp³-hybridized carbons (Fsp3) is 0.333. The van der Waals surface area contributed by atoms with Crippen LogP contribution in [-0.2, 0) is 16.1 Å². The molecule has 0 saturated carbocycles. The molecule has 0 aliphatic carbocycles. The number of benzene rings is 2. The SMILES string of the molecule is CCOC(=O)N(C)CCCC(=O)N(Cc1ccccc1)c1ccccc1Br. The first-order valence-corrected chi connectivity index (χ1v) is 9.79. The van der Waals surface area contributed by atoms with Crippen LogP contribution in [-0.4, -0.2) is 37.1 Å². The first-order valence-electron chi connectivity index (χ1n) is 8.99. The largest absolute Gasteiger partial charge is 0.450 e. The highest BCUT2D eigenvalue weighted by Crippen LogP contribution is 2.28. The molecule has 2 aromatic carbocycles. The molecular formula is C21H25BrN2O3. The van der Waals surface area contributed by atoms with Crippen molar-refractivity contribution in [3.05, 3.63) is 64.6 Å². The fourth-order valence-electron chi connectivity index (χ4n) is 2.67. The second-order valence-corrected chi connectivity index (χ2v) is 7.00. The van der Waals surface area contributed by atoms with Crippen molar-refractivity contribution in [2.24, 2.45) is 0 Å². The third-order valence-corrected chi connectivity index (χ3v) is 4.76. The van der Waals surface area contributed by atoms with Crippen LogP contribution >= 0.6 is 15.9 Å². The molecule has 0 fully saturated rings. The summed E-state index contributed by atoms with van der Waals surface area (Å²) in [5.41, 5.74) is 1.90. The quantitative estimate of drug-likeness (QED) is 0.598. The van der Waals surface area contributed by atoms with Crippen molar-refractivity contribution < 1.29 is 14.3 Å². The lowest BCUT2D eigenvalue weighted by Crippen LogP contribution is -2.32. The lowest BCUT2D eigenvalue weighted by Gasteiger charge is -2.25. The summed E-state index contributed by atoms with van der Waals surface area (Å²) in [5.74, 6) is 0.0167. The Morgan fingerprint density at radius 3 is 2.37 bits per heavy atom. The van der Waals surface area contributed by atoms with Crippen molar-refractivity contribution in [1.29, 1.82) is 0 Å². The van der Waals surface area contributed by atoms with E-state index < -0.39 is 0 Å². The summed E-state index contributed by atoms with van der Waals surface area (Å²) in [6.07, 6.45) is 0.554. The Bertz CT molecular complexity index is 752. The summed E-state index contributed by atoms with van der Waals surface area (Å²) < 4.78 is 5.83. The van der Waals surface area contributed by atoms with Crippen LogP contribution < -0.4 is 4.90 Å². The van der Waals surface area contributed by atoms with Crippen LogP contribution in [0, 0.1) is 0 Å². The van der Waals surface area contributed by atoms with Gasteiger partial charge < -0.3 is 14.5 Å². The van der Waals surface area contributed by atoms with Crippen LogP contribution in [0.3, 0.4) is 0 Å². The molecule has 6 heteroatoms. The highest BCUT2D eigenvalue weighted by molar-refractivity contribution is 9.10. The number of ether oxygens (including phenoxy) is 1. The number of carbonyl (C=O) groups excluding carboxylic acids is 2. The number of hydrogen-bond acceptors (Lipinski definition) is 3. The number of rotatable bonds is 8. The number of nitrogens with zero attached hydrogens (tertiary/aromatic N) is 2. The normalized spacial score (nSPS) is 10.3. The highest BCUT2D eigenvalue weighted by Gasteiger charge is 2.19. The summed E-state index contributed by atoms with van der Waals surface area (Å²) in [5, 5.41) is 0. The minimum Gasteiger partial charge on any atom is -0.450 e. The van der Waals surface area contributed by atoms with E-state index in [-0.39, 0.29) is 12.0 Å². The van der Waals surface area contributed by atoms with Gasteiger partial charge >= 0.3 is 6.09 Å². The zero-order chi connectivity index (χ0) is 19.6. The standard InChI is InChI=1S/C21H25BrN2O3/c1-3-27-21(26)23(2)15-9-14-20(25)24(16-17-10-5-4-6-11-17)19-13-8-7-12-18(19)22/h4-8,10-13H,3,9,14-16H2,1-2H3. The third kappa shape index (κ3) is 6.40. The van der Waals surface area contributed by atoms with Crippen molar-refractivity contribution in [2.45, 2.75) is 26.3 Å². The molecule has 144 valence electrons. The van der Waals surface area contributed by atoms with Gasteiger partial charge in [0.2, 0.25) is 5.91 Å². The molecule has 0 saturated heterocycles. The Balaban J connectivity index is 2.05. The number of halogens is 1. The maximum absolute atomic E-state index is 12.9. The van der Waals surface area contributed by atoms with E-state index in [1.807, 2.05) is 54.6 Å². The Morgan fingerprint density at radius 1 is 1.04 bits per heavy atom. The molecule has 2 rings (SSSR count). The molecule has 0 aliphatic heterocycles. The summed E-state index contributed by atoms with van der Waals surface area (Å²) in [7, 11) is 1.68. The van der Waals surface area contributed by atoms with Crippen LogP contribution in [0.1, 0.15) is 25.3 Å². The minimum atomic E-state index is -0.364. The summed E-state index contributed by atoms with van der Waals surface area (Å²) in [6, 6.07) is 17.6. The van der Waals surface area contributed by atoms with Gasteiger partial charge in [-0.3, -0.25) is 4.79 Å². The van der Waals surface area contributed by atoms with Crippen molar-refractivity contribution in [3.63, 3.8) is 0 Å². The van der Waals surface area contributed by atoms with Crippen LogP contribution in [0.4, 0.5) is 10.5 Å². The molecule has 2 amide bonds. The Kier molecular flexibility index (Phi) is 8.33. The lowest BCUT2D eigenvalue weighted by molar-refractivity contribution is -0.118. The van der Waals surface area contributed by atoms with Gasteiger partial charge in [-0.05, 0) is 47.0 Å². The van der Waals surface area contributed by atoms with Gasteiger partial charge in [0.25, 0.3) is 0 Å². The molecule has 0 spiro atoms. The smallest absolute Gasteiger partial charge is 0.409 e. The molecular weight excluding hydrogens is 408 g/mol. The molecule has 0 heterocycles. The monoisotopic (exact) mass is 432 g/mol. The average Bonchev–Trinajstić information content (AvgIpc) is 2.67. The van der Waals surface area contributed by atoms with E-state index in [1.54, 1.807) is 18.9 Å². The maximum Gasteiger partial charge on any atom is 0.409 e. The van der Waals surface area contributed by atoms with Gasteiger partial charge in [-0.2, -0.15) is 0 Å². The molecule has 0 unspecified atom stereocenters. The first kappa shape index (κ1) is 21.0. The van der Waals surface area contributed by atoms with E-state index in [1.165, 1.54) is 4.90 Å². The molecule has 0 atom stereocenters. The molecule has 0 bridgehead atoms. The number of hydrogen-bond donors (Lipinski definition) is 0. The molecule has 0 radical (unpaired) electrons. The fourth-order valence-corrected chi connectivity index (χ4v) is 3.17. The Morgan fingerprint density at radius 2 is 1.70 bits per heavy atom. The second kappa shape index (κ2) is 10.7. The predicted octanol–water partition coefficient (Wildman–Crippen LogP) is 4.85. The van der Waals surface area contributed by atoms with E-state index in [9.17, 15) is 9.59 Å². The van der Waals surface area contributed by atoms with Gasteiger partial charge in [0.1, 0.15) is 0 Å². The van der Waals surface area contributed by atoms with Gasteiger partial charge in [-0.25, -0.2) is 4.79 Å². The molecule has 27 heavy (non-hydrogen) atoms. The zero-order valence-electron chi connectivity index (χ0n) is 15.7. The third-order valence-electron chi connectivity index (χ3n) is 4.09. The lowest BCUT2D eigenvalue weighted by atomic mass is 10.1.